The number of hydrogen-bond donors (Lipinski definition) is 0. The second kappa shape index (κ2) is 8.87. The smallest absolute Gasteiger partial charge is 0.209 e. The molecule has 0 spiro atoms. The minimum absolute atomic E-state index is 0.0237. The summed E-state index contributed by atoms with van der Waals surface area (Å²) in [5.74, 6) is 1.18. The first-order valence-electron chi connectivity index (χ1n) is 9.33. The number of carbonyl (C=O) groups excluding carboxylic acids is 1. The quantitative estimate of drug-likeness (QED) is 0.146. The van der Waals surface area contributed by atoms with Crippen molar-refractivity contribution in [2.45, 2.75) is 28.4 Å². The largest absolute Gasteiger partial charge is 0.293 e. The number of aromatic nitrogens is 3. The van der Waals surface area contributed by atoms with E-state index in [1.54, 1.807) is 10.8 Å². The number of ketones is 1. The van der Waals surface area contributed by atoms with Crippen LogP contribution in [0.15, 0.2) is 70.8 Å². The summed E-state index contributed by atoms with van der Waals surface area (Å²) in [5.41, 5.74) is 2.67. The Morgan fingerprint density at radius 1 is 1.23 bits per heavy atom. The van der Waals surface area contributed by atoms with Gasteiger partial charge in [0.05, 0.1) is 12.3 Å². The van der Waals surface area contributed by atoms with Gasteiger partial charge in [0.2, 0.25) is 5.16 Å². The first-order chi connectivity index (χ1) is 14.4. The van der Waals surface area contributed by atoms with Crippen LogP contribution in [0.5, 0.6) is 0 Å². The van der Waals surface area contributed by atoms with Crippen molar-refractivity contribution < 1.29 is 4.79 Å². The maximum absolute atomic E-state index is 12.6. The van der Waals surface area contributed by atoms with Crippen molar-refractivity contribution in [3.63, 3.8) is 0 Å². The van der Waals surface area contributed by atoms with Crippen LogP contribution in [-0.4, -0.2) is 30.6 Å². The van der Waals surface area contributed by atoms with E-state index in [0.29, 0.717) is 17.3 Å². The molecule has 8 heteroatoms. The van der Waals surface area contributed by atoms with Gasteiger partial charge in [0, 0.05) is 21.5 Å². The van der Waals surface area contributed by atoms with Gasteiger partial charge >= 0.3 is 0 Å². The molecule has 1 heterocycles. The van der Waals surface area contributed by atoms with Gasteiger partial charge in [-0.05, 0) is 24.1 Å². The summed E-state index contributed by atoms with van der Waals surface area (Å²) >= 11 is 17.0. The van der Waals surface area contributed by atoms with E-state index in [1.165, 1.54) is 11.8 Å². The molecule has 0 bridgehead atoms. The van der Waals surface area contributed by atoms with Gasteiger partial charge in [-0.3, -0.25) is 4.79 Å². The lowest BCUT2D eigenvalue weighted by atomic mass is 10.1. The van der Waals surface area contributed by atoms with Gasteiger partial charge in [0.25, 0.3) is 0 Å². The Morgan fingerprint density at radius 2 is 1.90 bits per heavy atom. The second-order valence-electron chi connectivity index (χ2n) is 7.05. The van der Waals surface area contributed by atoms with E-state index >= 15 is 0 Å². The molecular weight excluding hydrogens is 505 g/mol. The SMILES string of the molecule is C=CCn1nc(SCC(=O)c2ccc(C3CC3(Cl)Cl)cc2)nc1-c1ccc(Br)cc1. The monoisotopic (exact) mass is 521 g/mol. The van der Waals surface area contributed by atoms with Crippen LogP contribution in [0, 0.1) is 0 Å². The lowest BCUT2D eigenvalue weighted by Crippen LogP contribution is -2.03. The molecule has 0 radical (unpaired) electrons. The molecule has 4 nitrogen and oxygen atoms in total. The van der Waals surface area contributed by atoms with Crippen LogP contribution in [0.4, 0.5) is 0 Å². The molecule has 1 aliphatic carbocycles. The highest BCUT2D eigenvalue weighted by molar-refractivity contribution is 9.10. The lowest BCUT2D eigenvalue weighted by molar-refractivity contribution is 0.102. The zero-order valence-corrected chi connectivity index (χ0v) is 19.8. The van der Waals surface area contributed by atoms with Crippen molar-refractivity contribution in [3.8, 4) is 11.4 Å². The molecule has 0 saturated heterocycles. The normalized spacial score (nSPS) is 17.0. The Hall–Kier alpha value is -1.60. The fraction of sp³-hybridized carbons (Fsp3) is 0.227. The highest BCUT2D eigenvalue weighted by Gasteiger charge is 2.52. The van der Waals surface area contributed by atoms with E-state index in [1.807, 2.05) is 48.5 Å². The summed E-state index contributed by atoms with van der Waals surface area (Å²) in [6.45, 7) is 4.33. The zero-order chi connectivity index (χ0) is 21.3. The minimum Gasteiger partial charge on any atom is -0.293 e. The molecule has 0 N–H and O–H groups in total. The first-order valence-corrected chi connectivity index (χ1v) is 11.9. The molecule has 0 amide bonds. The average molecular weight is 523 g/mol. The number of allylic oxidation sites excluding steroid dienone is 1. The maximum Gasteiger partial charge on any atom is 0.209 e. The molecular formula is C22H18BrCl2N3OS. The number of benzene rings is 2. The van der Waals surface area contributed by atoms with Gasteiger partial charge in [-0.1, -0.05) is 70.2 Å². The van der Waals surface area contributed by atoms with Crippen LogP contribution in [0.1, 0.15) is 28.3 Å². The van der Waals surface area contributed by atoms with Crippen LogP contribution in [0.3, 0.4) is 0 Å². The van der Waals surface area contributed by atoms with E-state index in [9.17, 15) is 4.79 Å². The molecule has 1 saturated carbocycles. The summed E-state index contributed by atoms with van der Waals surface area (Å²) < 4.78 is 2.12. The molecule has 3 aromatic rings. The van der Waals surface area contributed by atoms with Gasteiger partial charge in [-0.15, -0.1) is 34.9 Å². The third-order valence-corrected chi connectivity index (χ3v) is 7.05. The molecule has 154 valence electrons. The Morgan fingerprint density at radius 3 is 2.50 bits per heavy atom. The summed E-state index contributed by atoms with van der Waals surface area (Å²) in [7, 11) is 0. The predicted molar refractivity (Wildman–Crippen MR) is 127 cm³/mol. The number of alkyl halides is 2. The molecule has 1 atom stereocenters. The Balaban J connectivity index is 1.44. The van der Waals surface area contributed by atoms with Crippen molar-refractivity contribution in [2.24, 2.45) is 0 Å². The number of thioether (sulfide) groups is 1. The molecule has 1 fully saturated rings. The number of nitrogens with zero attached hydrogens (tertiary/aromatic N) is 3. The lowest BCUT2D eigenvalue weighted by Gasteiger charge is -2.03. The highest BCUT2D eigenvalue weighted by atomic mass is 79.9. The summed E-state index contributed by atoms with van der Waals surface area (Å²) in [6.07, 6.45) is 2.52. The van der Waals surface area contributed by atoms with Crippen molar-refractivity contribution >= 4 is 56.7 Å². The maximum atomic E-state index is 12.6. The Labute approximate surface area is 197 Å². The van der Waals surface area contributed by atoms with E-state index in [2.05, 4.69) is 32.6 Å². The van der Waals surface area contributed by atoms with Crippen molar-refractivity contribution in [2.75, 3.05) is 5.75 Å². The van der Waals surface area contributed by atoms with Crippen molar-refractivity contribution in [1.29, 1.82) is 0 Å². The summed E-state index contributed by atoms with van der Waals surface area (Å²) in [5, 5.41) is 5.09. The van der Waals surface area contributed by atoms with Crippen LogP contribution in [-0.2, 0) is 6.54 Å². The molecule has 1 unspecified atom stereocenters. The van der Waals surface area contributed by atoms with E-state index in [0.717, 1.165) is 27.8 Å². The molecule has 30 heavy (non-hydrogen) atoms. The second-order valence-corrected chi connectivity index (χ2v) is 10.4. The van der Waals surface area contributed by atoms with Crippen molar-refractivity contribution in [3.05, 3.63) is 76.8 Å². The molecule has 2 aromatic carbocycles. The van der Waals surface area contributed by atoms with Gasteiger partial charge in [0.1, 0.15) is 4.33 Å². The average Bonchev–Trinajstić information content (AvgIpc) is 3.19. The van der Waals surface area contributed by atoms with Crippen LogP contribution in [0.25, 0.3) is 11.4 Å². The Kier molecular flexibility index (Phi) is 6.39. The molecule has 4 rings (SSSR count). The van der Waals surface area contributed by atoms with Crippen LogP contribution in [0.2, 0.25) is 0 Å². The van der Waals surface area contributed by atoms with E-state index in [-0.39, 0.29) is 17.5 Å². The number of halogens is 3. The third-order valence-electron chi connectivity index (χ3n) is 4.85. The summed E-state index contributed by atoms with van der Waals surface area (Å²) in [6, 6.07) is 15.4. The topological polar surface area (TPSA) is 47.8 Å². The standard InChI is InChI=1S/C22H18BrCl2N3OS/c1-2-11-28-20(16-7-9-17(23)10-8-16)26-21(27-28)30-13-19(29)15-5-3-14(4-6-15)18-12-22(18,24)25/h2-10,18H,1,11-13H2. The predicted octanol–water partition coefficient (Wildman–Crippen LogP) is 6.53. The summed E-state index contributed by atoms with van der Waals surface area (Å²) in [4.78, 5) is 17.2. The van der Waals surface area contributed by atoms with Crippen LogP contribution >= 0.6 is 50.9 Å². The first kappa shape index (κ1) is 21.6. The number of hydrogen-bond acceptors (Lipinski definition) is 4. The molecule has 1 aliphatic rings. The van der Waals surface area contributed by atoms with Crippen LogP contribution < -0.4 is 0 Å². The van der Waals surface area contributed by atoms with Gasteiger partial charge in [-0.2, -0.15) is 0 Å². The number of Topliss-reactive ketones (excluding diaryl/α,β-unsaturated/α-hetero) is 1. The highest BCUT2D eigenvalue weighted by Crippen LogP contribution is 2.59. The van der Waals surface area contributed by atoms with E-state index in [4.69, 9.17) is 23.2 Å². The number of carbonyl (C=O) groups is 1. The Bertz CT molecular complexity index is 1080. The molecule has 1 aromatic heterocycles. The van der Waals surface area contributed by atoms with Gasteiger partial charge in [-0.25, -0.2) is 9.67 Å². The number of rotatable bonds is 8. The third kappa shape index (κ3) is 4.83. The zero-order valence-electron chi connectivity index (χ0n) is 15.9. The minimum atomic E-state index is -0.663. The van der Waals surface area contributed by atoms with E-state index < -0.39 is 4.33 Å². The fourth-order valence-electron chi connectivity index (χ4n) is 3.13. The van der Waals surface area contributed by atoms with Crippen molar-refractivity contribution in [1.82, 2.24) is 14.8 Å². The fourth-order valence-corrected chi connectivity index (χ4v) is 4.69. The van der Waals surface area contributed by atoms with Gasteiger partial charge in [0.15, 0.2) is 11.6 Å². The molecule has 0 aliphatic heterocycles. The van der Waals surface area contributed by atoms with Gasteiger partial charge < -0.3 is 0 Å².